The number of aromatic nitrogens is 1. The normalized spacial score (nSPS) is 14.1. The van der Waals surface area contributed by atoms with E-state index in [0.717, 1.165) is 21.5 Å². The minimum Gasteiger partial charge on any atom is -0.465 e. The van der Waals surface area contributed by atoms with Gasteiger partial charge in [-0.1, -0.05) is 30.3 Å². The lowest BCUT2D eigenvalue weighted by molar-refractivity contribution is -0.143. The van der Waals surface area contributed by atoms with Crippen molar-refractivity contribution < 1.29 is 14.3 Å². The van der Waals surface area contributed by atoms with Crippen LogP contribution in [0.4, 0.5) is 0 Å². The Balaban J connectivity index is 1.81. The molecule has 0 saturated carbocycles. The molecular formula is C19H17N3O3S. The number of carbonyl (C=O) groups is 2. The smallest absolute Gasteiger partial charge is 0.327 e. The van der Waals surface area contributed by atoms with Crippen LogP contribution in [-0.2, 0) is 16.1 Å². The van der Waals surface area contributed by atoms with Gasteiger partial charge in [-0.05, 0) is 30.0 Å². The first kappa shape index (κ1) is 16.5. The van der Waals surface area contributed by atoms with Gasteiger partial charge in [-0.15, -0.1) is 11.3 Å². The van der Waals surface area contributed by atoms with Crippen molar-refractivity contribution in [3.63, 3.8) is 0 Å². The second-order valence-electron chi connectivity index (χ2n) is 5.87. The molecule has 4 rings (SSSR count). The van der Waals surface area contributed by atoms with Crippen molar-refractivity contribution in [2.24, 2.45) is 5.10 Å². The number of hydrogen-bond donors (Lipinski definition) is 0. The van der Waals surface area contributed by atoms with E-state index in [-0.39, 0.29) is 19.1 Å². The fourth-order valence-electron chi connectivity index (χ4n) is 3.05. The monoisotopic (exact) mass is 367 g/mol. The third kappa shape index (κ3) is 2.90. The summed E-state index contributed by atoms with van der Waals surface area (Å²) in [6.07, 6.45) is 0. The average Bonchev–Trinajstić information content (AvgIpc) is 3.20. The summed E-state index contributed by atoms with van der Waals surface area (Å²) in [5.41, 5.74) is 3.18. The van der Waals surface area contributed by atoms with Crippen molar-refractivity contribution in [2.75, 3.05) is 13.2 Å². The van der Waals surface area contributed by atoms with Gasteiger partial charge in [0.25, 0.3) is 5.91 Å². The van der Waals surface area contributed by atoms with Crippen molar-refractivity contribution in [3.8, 4) is 0 Å². The first-order valence-electron chi connectivity index (χ1n) is 8.34. The van der Waals surface area contributed by atoms with Crippen molar-refractivity contribution in [1.29, 1.82) is 0 Å². The molecule has 3 heterocycles. The Labute approximate surface area is 154 Å². The predicted octanol–water partition coefficient (Wildman–Crippen LogP) is 3.13. The third-order valence-corrected chi connectivity index (χ3v) is 5.07. The van der Waals surface area contributed by atoms with Crippen LogP contribution >= 0.6 is 11.3 Å². The number of benzene rings is 1. The molecule has 0 radical (unpaired) electrons. The van der Waals surface area contributed by atoms with Crippen LogP contribution in [0, 0.1) is 0 Å². The van der Waals surface area contributed by atoms with Gasteiger partial charge in [0.05, 0.1) is 29.1 Å². The molecule has 0 aliphatic carbocycles. The molecule has 2 aromatic heterocycles. The number of carbonyl (C=O) groups excluding carboxylic acids is 2. The van der Waals surface area contributed by atoms with Gasteiger partial charge in [-0.25, -0.2) is 5.01 Å². The van der Waals surface area contributed by atoms with Crippen molar-refractivity contribution in [3.05, 3.63) is 59.1 Å². The van der Waals surface area contributed by atoms with Crippen LogP contribution in [0.5, 0.6) is 0 Å². The zero-order valence-corrected chi connectivity index (χ0v) is 15.0. The van der Waals surface area contributed by atoms with E-state index in [0.29, 0.717) is 12.2 Å². The Kier molecular flexibility index (Phi) is 4.30. The number of nitrogens with zero attached hydrogens (tertiary/aromatic N) is 3. The van der Waals surface area contributed by atoms with E-state index in [1.54, 1.807) is 18.3 Å². The number of fused-ring (bicyclic) bond motifs is 3. The Morgan fingerprint density at radius 3 is 2.85 bits per heavy atom. The second-order valence-corrected chi connectivity index (χ2v) is 6.81. The van der Waals surface area contributed by atoms with E-state index in [4.69, 9.17) is 4.74 Å². The number of hydrogen-bond acceptors (Lipinski definition) is 5. The van der Waals surface area contributed by atoms with Crippen LogP contribution in [-0.4, -0.2) is 40.3 Å². The fraction of sp³-hybridized carbons (Fsp3) is 0.211. The van der Waals surface area contributed by atoms with Gasteiger partial charge in [0.15, 0.2) is 0 Å². The van der Waals surface area contributed by atoms with E-state index in [1.807, 2.05) is 52.4 Å². The summed E-state index contributed by atoms with van der Waals surface area (Å²) in [6.45, 7) is 2.26. The first-order valence-corrected chi connectivity index (χ1v) is 9.22. The number of amides is 1. The Hall–Kier alpha value is -2.93. The van der Waals surface area contributed by atoms with Gasteiger partial charge in [-0.2, -0.15) is 5.10 Å². The molecule has 1 aliphatic rings. The molecule has 6 nitrogen and oxygen atoms in total. The SMILES string of the molecule is CCOC(=O)CN1N=C(c2ccccc2)Cn2c(cc3sccc32)C1=O. The average molecular weight is 367 g/mol. The van der Waals surface area contributed by atoms with Crippen LogP contribution in [0.15, 0.2) is 52.9 Å². The Morgan fingerprint density at radius 2 is 2.08 bits per heavy atom. The van der Waals surface area contributed by atoms with Gasteiger partial charge < -0.3 is 9.30 Å². The molecule has 132 valence electrons. The van der Waals surface area contributed by atoms with E-state index >= 15 is 0 Å². The van der Waals surface area contributed by atoms with Gasteiger partial charge in [0, 0.05) is 0 Å². The number of ether oxygens (including phenoxy) is 1. The maximum absolute atomic E-state index is 13.0. The fourth-order valence-corrected chi connectivity index (χ4v) is 3.87. The van der Waals surface area contributed by atoms with Gasteiger partial charge in [-0.3, -0.25) is 9.59 Å². The minimum absolute atomic E-state index is 0.207. The molecule has 0 spiro atoms. The summed E-state index contributed by atoms with van der Waals surface area (Å²) in [6, 6.07) is 13.6. The lowest BCUT2D eigenvalue weighted by Gasteiger charge is -2.15. The predicted molar refractivity (Wildman–Crippen MR) is 100 cm³/mol. The van der Waals surface area contributed by atoms with Crippen LogP contribution < -0.4 is 0 Å². The van der Waals surface area contributed by atoms with E-state index in [1.165, 1.54) is 5.01 Å². The topological polar surface area (TPSA) is 63.9 Å². The van der Waals surface area contributed by atoms with Crippen LogP contribution in [0.1, 0.15) is 23.0 Å². The highest BCUT2D eigenvalue weighted by molar-refractivity contribution is 7.17. The Bertz CT molecular complexity index is 1000. The molecule has 0 fully saturated rings. The quantitative estimate of drug-likeness (QED) is 0.666. The first-order chi connectivity index (χ1) is 12.7. The van der Waals surface area contributed by atoms with Crippen LogP contribution in [0.2, 0.25) is 0 Å². The van der Waals surface area contributed by atoms with E-state index in [9.17, 15) is 9.59 Å². The van der Waals surface area contributed by atoms with Gasteiger partial charge >= 0.3 is 5.97 Å². The molecule has 0 atom stereocenters. The minimum atomic E-state index is -0.473. The molecule has 0 unspecified atom stereocenters. The summed E-state index contributed by atoms with van der Waals surface area (Å²) in [5, 5.41) is 7.72. The number of hydrazone groups is 1. The second kappa shape index (κ2) is 6.76. The third-order valence-electron chi connectivity index (χ3n) is 4.22. The summed E-state index contributed by atoms with van der Waals surface area (Å²) < 4.78 is 8.00. The van der Waals surface area contributed by atoms with Crippen LogP contribution in [0.3, 0.4) is 0 Å². The maximum atomic E-state index is 13.0. The number of esters is 1. The largest absolute Gasteiger partial charge is 0.465 e. The summed E-state index contributed by atoms with van der Waals surface area (Å²) in [4.78, 5) is 25.0. The molecule has 1 aliphatic heterocycles. The zero-order valence-electron chi connectivity index (χ0n) is 14.2. The molecule has 0 bridgehead atoms. The van der Waals surface area contributed by atoms with Gasteiger partial charge in [0.1, 0.15) is 12.2 Å². The summed E-state index contributed by atoms with van der Waals surface area (Å²) in [7, 11) is 0. The molecule has 7 heteroatoms. The maximum Gasteiger partial charge on any atom is 0.327 e. The molecule has 1 amide bonds. The summed E-state index contributed by atoms with van der Waals surface area (Å²) in [5.74, 6) is -0.772. The molecule has 1 aromatic carbocycles. The van der Waals surface area contributed by atoms with E-state index in [2.05, 4.69) is 5.10 Å². The van der Waals surface area contributed by atoms with Crippen molar-refractivity contribution in [2.45, 2.75) is 13.5 Å². The number of rotatable bonds is 4. The standard InChI is InChI=1S/C19H17N3O3S/c1-2-25-18(23)12-22-19(24)16-10-17-15(8-9-26-17)21(16)11-14(20-22)13-6-4-3-5-7-13/h3-10H,2,11-12H2,1H3. The molecule has 3 aromatic rings. The lowest BCUT2D eigenvalue weighted by Crippen LogP contribution is -2.32. The van der Waals surface area contributed by atoms with Crippen LogP contribution in [0.25, 0.3) is 10.2 Å². The molecular weight excluding hydrogens is 350 g/mol. The molecule has 0 saturated heterocycles. The highest BCUT2D eigenvalue weighted by Crippen LogP contribution is 2.28. The lowest BCUT2D eigenvalue weighted by atomic mass is 10.1. The highest BCUT2D eigenvalue weighted by atomic mass is 32.1. The molecule has 0 N–H and O–H groups in total. The highest BCUT2D eigenvalue weighted by Gasteiger charge is 2.28. The summed E-state index contributed by atoms with van der Waals surface area (Å²) >= 11 is 1.59. The van der Waals surface area contributed by atoms with Gasteiger partial charge in [0.2, 0.25) is 0 Å². The van der Waals surface area contributed by atoms with E-state index < -0.39 is 5.97 Å². The molecule has 26 heavy (non-hydrogen) atoms. The zero-order chi connectivity index (χ0) is 18.1. The van der Waals surface area contributed by atoms with Crippen molar-refractivity contribution in [1.82, 2.24) is 9.58 Å². The Morgan fingerprint density at radius 1 is 1.27 bits per heavy atom. The van der Waals surface area contributed by atoms with Crippen molar-refractivity contribution >= 4 is 39.1 Å². The number of thiophene rings is 1.